The van der Waals surface area contributed by atoms with Gasteiger partial charge in [0.15, 0.2) is 35.5 Å². The first-order valence-corrected chi connectivity index (χ1v) is 25.2. The van der Waals surface area contributed by atoms with Gasteiger partial charge in [-0.2, -0.15) is 0 Å². The number of carbonyl (C=O) groups excluding carboxylic acids is 4. The smallest absolute Gasteiger partial charge is 0.335 e. The van der Waals surface area contributed by atoms with Crippen molar-refractivity contribution < 1.29 is 81.6 Å². The highest BCUT2D eigenvalue weighted by Gasteiger charge is 2.63. The highest BCUT2D eigenvalue weighted by atomic mass is 16.7. The van der Waals surface area contributed by atoms with Gasteiger partial charge in [-0.3, -0.25) is 14.4 Å². The molecule has 1 aromatic rings. The molecule has 0 radical (unpaired) electrons. The van der Waals surface area contributed by atoms with Crippen LogP contribution in [0.4, 0.5) is 0 Å². The normalized spacial score (nSPS) is 40.4. The lowest BCUT2D eigenvalue weighted by Gasteiger charge is -2.50. The predicted octanol–water partition coefficient (Wildman–Crippen LogP) is 4.34. The van der Waals surface area contributed by atoms with Crippen LogP contribution in [0.2, 0.25) is 0 Å². The van der Waals surface area contributed by atoms with Crippen LogP contribution in [0.3, 0.4) is 0 Å². The van der Waals surface area contributed by atoms with Gasteiger partial charge in [0.05, 0.1) is 62.2 Å². The van der Waals surface area contributed by atoms with Crippen LogP contribution in [-0.4, -0.2) is 165 Å². The van der Waals surface area contributed by atoms with Crippen molar-refractivity contribution in [2.24, 2.45) is 46.4 Å². The number of esters is 2. The van der Waals surface area contributed by atoms with Crippen molar-refractivity contribution in [3.8, 4) is 11.5 Å². The Kier molecular flexibility index (Phi) is 19.7. The summed E-state index contributed by atoms with van der Waals surface area (Å²) >= 11 is 0. The largest absolute Gasteiger partial charge is 0.493 e. The minimum Gasteiger partial charge on any atom is -0.493 e. The van der Waals surface area contributed by atoms with E-state index in [2.05, 4.69) is 5.16 Å². The number of carbonyl (C=O) groups is 4. The van der Waals surface area contributed by atoms with Crippen LogP contribution in [0, 0.1) is 35.5 Å². The molecule has 0 saturated carbocycles. The number of para-hydroxylation sites is 1. The van der Waals surface area contributed by atoms with E-state index in [0.717, 1.165) is 0 Å². The van der Waals surface area contributed by atoms with Crippen molar-refractivity contribution in [3.05, 3.63) is 23.8 Å². The Balaban J connectivity index is 1.58. The molecule has 4 aliphatic rings. The van der Waals surface area contributed by atoms with Crippen molar-refractivity contribution in [3.63, 3.8) is 0 Å². The summed E-state index contributed by atoms with van der Waals surface area (Å²) in [6.45, 7) is 17.4. The summed E-state index contributed by atoms with van der Waals surface area (Å²) in [6, 6.07) is 4.94. The fourth-order valence-electron chi connectivity index (χ4n) is 11.7. The van der Waals surface area contributed by atoms with Crippen molar-refractivity contribution in [1.29, 1.82) is 0 Å². The molecule has 4 N–H and O–H groups in total. The number of fused-ring (bicyclic) bond motifs is 1. The van der Waals surface area contributed by atoms with E-state index < -0.39 is 125 Å². The molecule has 0 spiro atoms. The van der Waals surface area contributed by atoms with Gasteiger partial charge in [-0.25, -0.2) is 4.79 Å². The number of ether oxygens (including phenoxy) is 10. The Morgan fingerprint density at radius 1 is 0.889 bits per heavy atom. The summed E-state index contributed by atoms with van der Waals surface area (Å²) in [5, 5.41) is 26.9. The highest BCUT2D eigenvalue weighted by molar-refractivity contribution is 6.03. The number of aryl methyl sites for hydroxylation is 1. The molecule has 4 fully saturated rings. The monoisotopic (exact) mass is 1020 g/mol. The number of likely N-dealkylation sites (N-methyl/N-ethyl adjacent to an activating group) is 1. The van der Waals surface area contributed by atoms with Crippen LogP contribution in [-0.2, 0) is 68.3 Å². The lowest BCUT2D eigenvalue weighted by Crippen LogP contribution is -2.61. The number of nitrogens with two attached hydrogens (primary N) is 1. The average molecular weight is 1020 g/mol. The third-order valence-corrected chi connectivity index (χ3v) is 16.0. The number of nitrogens with zero attached hydrogens (tertiary/aromatic N) is 2. The molecule has 4 aliphatic heterocycles. The van der Waals surface area contributed by atoms with E-state index >= 15 is 4.79 Å². The quantitative estimate of drug-likeness (QED) is 0.0726. The van der Waals surface area contributed by atoms with Gasteiger partial charge in [0, 0.05) is 50.4 Å². The molecule has 72 heavy (non-hydrogen) atoms. The number of oxime groups is 1. The summed E-state index contributed by atoms with van der Waals surface area (Å²) in [5.74, 6) is -8.32. The lowest BCUT2D eigenvalue weighted by molar-refractivity contribution is -0.319. The molecule has 1 aromatic carbocycles. The van der Waals surface area contributed by atoms with Crippen LogP contribution < -0.4 is 15.2 Å². The second-order valence-electron chi connectivity index (χ2n) is 21.2. The Labute approximate surface area is 425 Å². The maximum atomic E-state index is 15.1. The summed E-state index contributed by atoms with van der Waals surface area (Å²) in [5.41, 5.74) is 3.16. The number of ketones is 1. The number of aliphatic hydroxyl groups is 2. The van der Waals surface area contributed by atoms with E-state index in [9.17, 15) is 24.6 Å². The minimum absolute atomic E-state index is 0.0347. The van der Waals surface area contributed by atoms with Crippen molar-refractivity contribution in [2.75, 3.05) is 42.5 Å². The minimum atomic E-state index is -1.66. The first-order chi connectivity index (χ1) is 33.7. The molecule has 20 nitrogen and oxygen atoms in total. The summed E-state index contributed by atoms with van der Waals surface area (Å²) in [6.07, 6.45) is -7.83. The van der Waals surface area contributed by atoms with Crippen molar-refractivity contribution in [1.82, 2.24) is 4.90 Å². The van der Waals surface area contributed by atoms with Gasteiger partial charge >= 0.3 is 17.9 Å². The molecule has 0 aromatic heterocycles. The van der Waals surface area contributed by atoms with Gasteiger partial charge in [-0.15, -0.1) is 0 Å². The molecule has 19 atom stereocenters. The number of aliphatic hydroxyl groups excluding tert-OH is 2. The second-order valence-corrected chi connectivity index (χ2v) is 21.2. The zero-order valence-electron chi connectivity index (χ0n) is 45.2. The number of benzene rings is 1. The van der Waals surface area contributed by atoms with E-state index in [0.29, 0.717) is 23.5 Å². The van der Waals surface area contributed by atoms with E-state index in [1.165, 1.54) is 28.4 Å². The predicted molar refractivity (Wildman–Crippen MR) is 261 cm³/mol. The van der Waals surface area contributed by atoms with E-state index in [1.807, 2.05) is 32.8 Å². The zero-order chi connectivity index (χ0) is 53.8. The van der Waals surface area contributed by atoms with Crippen LogP contribution >= 0.6 is 0 Å². The lowest BCUT2D eigenvalue weighted by atomic mass is 9.67. The van der Waals surface area contributed by atoms with Crippen LogP contribution in [0.15, 0.2) is 23.4 Å². The van der Waals surface area contributed by atoms with Crippen molar-refractivity contribution in [2.45, 2.75) is 186 Å². The topological polar surface area (TPSA) is 252 Å². The first kappa shape index (κ1) is 58.9. The fraction of sp³-hybridized carbons (Fsp3) is 0.788. The molecule has 20 heteroatoms. The number of hydrogen-bond donors (Lipinski definition) is 3. The van der Waals surface area contributed by atoms with Crippen molar-refractivity contribution >= 4 is 29.5 Å². The van der Waals surface area contributed by atoms with E-state index in [4.69, 9.17) is 57.9 Å². The Hall–Kier alpha value is -3.99. The van der Waals surface area contributed by atoms with Gasteiger partial charge in [0.1, 0.15) is 30.0 Å². The standard InChI is InChI=1S/C52H83N3O17/c1-17-35-52(10)39(38(48(61)71-52)46(53)54-72-36(56)22-21-32-19-18-20-34(62-13)43(32)63-14)28(4)40(57)26(2)24-51(9,65-16)45(70-49-41(58)33(55(11)12)23-27(3)66-49)29(5)42(30(6)47(60)68-35)69-37-25-50(8,64-15)44(59)31(7)67-37/h18-20,26-31,33,35,37-39,41-42,44-45,49,58-59H,17,21-25H2,1-16H3,(H2,53,54)/t26-,27?,28-,29+,30-,31?,33?,35-,37?,38?,39?,41?,42+,44?,45-,49?,50?,51+,52-/m1/s1. The first-order valence-electron chi connectivity index (χ1n) is 25.2. The third kappa shape index (κ3) is 12.2. The van der Waals surface area contributed by atoms with E-state index in [1.54, 1.807) is 73.6 Å². The number of cyclic esters (lactones) is 1. The maximum absolute atomic E-state index is 15.1. The number of amidine groups is 1. The molecule has 0 aliphatic carbocycles. The highest BCUT2D eigenvalue weighted by Crippen LogP contribution is 2.49. The Bertz CT molecular complexity index is 2080. The number of hydrogen-bond acceptors (Lipinski definition) is 19. The molecule has 0 amide bonds. The summed E-state index contributed by atoms with van der Waals surface area (Å²) < 4.78 is 62.2. The van der Waals surface area contributed by atoms with Crippen LogP contribution in [0.25, 0.3) is 0 Å². The van der Waals surface area contributed by atoms with Gasteiger partial charge in [-0.05, 0) is 93.0 Å². The second kappa shape index (κ2) is 24.1. The van der Waals surface area contributed by atoms with Gasteiger partial charge in [0.2, 0.25) is 0 Å². The number of methoxy groups -OCH3 is 4. The summed E-state index contributed by atoms with van der Waals surface area (Å²) in [7, 11) is 9.72. The molecule has 408 valence electrons. The van der Waals surface area contributed by atoms with Gasteiger partial charge < -0.3 is 73.1 Å². The van der Waals surface area contributed by atoms with Crippen LogP contribution in [0.1, 0.15) is 107 Å². The van der Waals surface area contributed by atoms with Gasteiger partial charge in [0.25, 0.3) is 0 Å². The molecule has 4 heterocycles. The van der Waals surface area contributed by atoms with Gasteiger partial charge in [-0.1, -0.05) is 45.0 Å². The average Bonchev–Trinajstić information content (AvgIpc) is 3.62. The SMILES string of the molecule is CC[C@H]1OC(=O)[C@H](C)[C@@H](OC2CC(C)(OC)C(O)C(C)O2)[C@H](C)[C@@H](OC2OC(C)CC(N(C)C)C2O)[C@@](C)(OC)C[C@@H](C)C(=O)[C@H](C)C2C(/C(N)=N\OC(=O)CCc3cccc(OC)c3OC)C(=O)O[C@@]21C. The van der Waals surface area contributed by atoms with E-state index in [-0.39, 0.29) is 50.0 Å². The molecule has 10 unspecified atom stereocenters. The van der Waals surface area contributed by atoms with Crippen LogP contribution in [0.5, 0.6) is 11.5 Å². The molecular formula is C52H83N3O17. The molecule has 4 saturated heterocycles. The molecular weight excluding hydrogens is 939 g/mol. The maximum Gasteiger partial charge on any atom is 0.335 e. The Morgan fingerprint density at radius 3 is 2.15 bits per heavy atom. The number of rotatable bonds is 15. The molecule has 5 rings (SSSR count). The third-order valence-electron chi connectivity index (χ3n) is 16.0. The number of Topliss-reactive ketones (excluding diaryl/α,β-unsaturated/α-hetero) is 1. The zero-order valence-corrected chi connectivity index (χ0v) is 45.2. The summed E-state index contributed by atoms with van der Waals surface area (Å²) in [4.78, 5) is 64.7. The fourth-order valence-corrected chi connectivity index (χ4v) is 11.7. The Morgan fingerprint density at radius 2 is 1.56 bits per heavy atom. The molecule has 0 bridgehead atoms.